The van der Waals surface area contributed by atoms with Gasteiger partial charge in [0.05, 0.1) is 15.7 Å². The maximum absolute atomic E-state index is 12.5. The Hall–Kier alpha value is -2.45. The van der Waals surface area contributed by atoms with Gasteiger partial charge in [0, 0.05) is 19.0 Å². The van der Waals surface area contributed by atoms with E-state index in [0.717, 1.165) is 31.7 Å². The van der Waals surface area contributed by atoms with Crippen molar-refractivity contribution in [3.05, 3.63) is 40.4 Å². The van der Waals surface area contributed by atoms with Crippen LogP contribution < -0.4 is 10.2 Å². The summed E-state index contributed by atoms with van der Waals surface area (Å²) in [4.78, 5) is 14.7. The third kappa shape index (κ3) is 3.30. The molecule has 26 heavy (non-hydrogen) atoms. The molecule has 0 bridgehead atoms. The number of carbonyl (C=O) groups excluding carboxylic acids is 1. The van der Waals surface area contributed by atoms with Crippen LogP contribution in [-0.4, -0.2) is 44.3 Å². The van der Waals surface area contributed by atoms with Crippen molar-refractivity contribution in [3.8, 4) is 0 Å². The number of anilines is 2. The Balaban J connectivity index is 1.39. The molecular weight excluding hydrogens is 377 g/mol. The minimum atomic E-state index is -0.0851. The van der Waals surface area contributed by atoms with Crippen LogP contribution in [0.5, 0.6) is 0 Å². The van der Waals surface area contributed by atoms with E-state index in [1.807, 2.05) is 12.1 Å². The quantitative estimate of drug-likeness (QED) is 0.738. The number of benzene rings is 1. The van der Waals surface area contributed by atoms with Crippen LogP contribution in [0.2, 0.25) is 10.0 Å². The van der Waals surface area contributed by atoms with Crippen molar-refractivity contribution in [1.29, 1.82) is 0 Å². The molecule has 1 saturated heterocycles. The molecule has 0 aliphatic carbocycles. The first-order chi connectivity index (χ1) is 12.6. The van der Waals surface area contributed by atoms with Gasteiger partial charge in [-0.05, 0) is 47.5 Å². The molecule has 1 aliphatic heterocycles. The number of aromatic nitrogens is 5. The van der Waals surface area contributed by atoms with E-state index < -0.39 is 0 Å². The zero-order chi connectivity index (χ0) is 18.1. The summed E-state index contributed by atoms with van der Waals surface area (Å²) in [6.07, 6.45) is 1.44. The molecular formula is C16H15Cl2N7O. The molecule has 134 valence electrons. The second-order valence-corrected chi connectivity index (χ2v) is 6.86. The lowest BCUT2D eigenvalue weighted by Crippen LogP contribution is -2.38. The molecule has 0 unspecified atom stereocenters. The molecule has 3 heterocycles. The van der Waals surface area contributed by atoms with Crippen molar-refractivity contribution in [2.75, 3.05) is 23.3 Å². The first-order valence-corrected chi connectivity index (χ1v) is 8.92. The SMILES string of the molecule is O=C(Nc1cccc(Cl)c1Cl)C1CCN(c2ccc3nnnn3n2)CC1. The number of tetrazole rings is 1. The van der Waals surface area contributed by atoms with Crippen LogP contribution in [-0.2, 0) is 4.79 Å². The average Bonchev–Trinajstić information content (AvgIpc) is 3.13. The van der Waals surface area contributed by atoms with Crippen molar-refractivity contribution in [2.45, 2.75) is 12.8 Å². The summed E-state index contributed by atoms with van der Waals surface area (Å²) in [5, 5.41) is 19.3. The summed E-state index contributed by atoms with van der Waals surface area (Å²) >= 11 is 12.1. The van der Waals surface area contributed by atoms with Gasteiger partial charge in [0.15, 0.2) is 11.5 Å². The molecule has 1 amide bonds. The molecule has 8 nitrogen and oxygen atoms in total. The highest BCUT2D eigenvalue weighted by molar-refractivity contribution is 6.44. The number of halogens is 2. The predicted molar refractivity (Wildman–Crippen MR) is 98.6 cm³/mol. The Bertz CT molecular complexity index is 953. The van der Waals surface area contributed by atoms with E-state index in [1.165, 1.54) is 4.63 Å². The van der Waals surface area contributed by atoms with Gasteiger partial charge in [-0.3, -0.25) is 4.79 Å². The molecule has 10 heteroatoms. The van der Waals surface area contributed by atoms with Crippen molar-refractivity contribution >= 4 is 46.3 Å². The van der Waals surface area contributed by atoms with Crippen LogP contribution in [0.3, 0.4) is 0 Å². The summed E-state index contributed by atoms with van der Waals surface area (Å²) in [6.45, 7) is 1.45. The molecule has 0 atom stereocenters. The Morgan fingerprint density at radius 2 is 1.96 bits per heavy atom. The Morgan fingerprint density at radius 3 is 2.77 bits per heavy atom. The van der Waals surface area contributed by atoms with Crippen LogP contribution in [0.1, 0.15) is 12.8 Å². The third-order valence-electron chi connectivity index (χ3n) is 4.45. The normalized spacial score (nSPS) is 15.4. The number of carbonyl (C=O) groups is 1. The number of fused-ring (bicyclic) bond motifs is 1. The number of hydrogen-bond donors (Lipinski definition) is 1. The van der Waals surface area contributed by atoms with Gasteiger partial charge < -0.3 is 10.2 Å². The molecule has 1 N–H and O–H groups in total. The lowest BCUT2D eigenvalue weighted by atomic mass is 9.96. The highest BCUT2D eigenvalue weighted by Crippen LogP contribution is 2.30. The van der Waals surface area contributed by atoms with E-state index >= 15 is 0 Å². The van der Waals surface area contributed by atoms with E-state index in [0.29, 0.717) is 21.4 Å². The average molecular weight is 392 g/mol. The van der Waals surface area contributed by atoms with Crippen molar-refractivity contribution in [3.63, 3.8) is 0 Å². The van der Waals surface area contributed by atoms with Crippen LogP contribution in [0, 0.1) is 5.92 Å². The fraction of sp³-hybridized carbons (Fsp3) is 0.312. The number of amides is 1. The first-order valence-electron chi connectivity index (χ1n) is 8.17. The van der Waals surface area contributed by atoms with Gasteiger partial charge in [0.25, 0.3) is 0 Å². The minimum absolute atomic E-state index is 0.0438. The maximum atomic E-state index is 12.5. The highest BCUT2D eigenvalue weighted by atomic mass is 35.5. The zero-order valence-corrected chi connectivity index (χ0v) is 15.2. The molecule has 3 aromatic rings. The summed E-state index contributed by atoms with van der Waals surface area (Å²) < 4.78 is 1.40. The monoisotopic (exact) mass is 391 g/mol. The fourth-order valence-corrected chi connectivity index (χ4v) is 3.36. The molecule has 0 radical (unpaired) electrons. The van der Waals surface area contributed by atoms with E-state index in [1.54, 1.807) is 18.2 Å². The van der Waals surface area contributed by atoms with Gasteiger partial charge >= 0.3 is 0 Å². The standard InChI is InChI=1S/C16H15Cl2N7O/c17-11-2-1-3-12(15(11)18)19-16(26)10-6-8-24(9-7-10)14-5-4-13-20-22-23-25(13)21-14/h1-5,10H,6-9H2,(H,19,26). The predicted octanol–water partition coefficient (Wildman–Crippen LogP) is 2.68. The topological polar surface area (TPSA) is 88.3 Å². The Morgan fingerprint density at radius 1 is 1.15 bits per heavy atom. The molecule has 0 spiro atoms. The second kappa shape index (κ2) is 7.05. The largest absolute Gasteiger partial charge is 0.355 e. The number of hydrogen-bond acceptors (Lipinski definition) is 6. The van der Waals surface area contributed by atoms with Gasteiger partial charge in [0.2, 0.25) is 5.91 Å². The summed E-state index contributed by atoms with van der Waals surface area (Å²) in [5.74, 6) is 0.664. The highest BCUT2D eigenvalue weighted by Gasteiger charge is 2.26. The molecule has 4 rings (SSSR count). The lowest BCUT2D eigenvalue weighted by molar-refractivity contribution is -0.120. The van der Waals surface area contributed by atoms with E-state index in [-0.39, 0.29) is 11.8 Å². The number of nitrogens with zero attached hydrogens (tertiary/aromatic N) is 6. The Labute approximate surface area is 159 Å². The van der Waals surface area contributed by atoms with E-state index in [9.17, 15) is 4.79 Å². The summed E-state index contributed by atoms with van der Waals surface area (Å²) in [5.41, 5.74) is 1.14. The minimum Gasteiger partial charge on any atom is -0.355 e. The first kappa shape index (κ1) is 17.0. The molecule has 1 aliphatic rings. The second-order valence-electron chi connectivity index (χ2n) is 6.07. The van der Waals surface area contributed by atoms with E-state index in [2.05, 4.69) is 30.8 Å². The third-order valence-corrected chi connectivity index (χ3v) is 5.27. The maximum Gasteiger partial charge on any atom is 0.227 e. The fourth-order valence-electron chi connectivity index (χ4n) is 3.01. The van der Waals surface area contributed by atoms with Crippen LogP contribution >= 0.6 is 23.2 Å². The van der Waals surface area contributed by atoms with Gasteiger partial charge in [-0.2, -0.15) is 0 Å². The van der Waals surface area contributed by atoms with Crippen LogP contribution in [0.4, 0.5) is 11.5 Å². The molecule has 2 aromatic heterocycles. The number of nitrogens with one attached hydrogen (secondary N) is 1. The lowest BCUT2D eigenvalue weighted by Gasteiger charge is -2.31. The van der Waals surface area contributed by atoms with Crippen LogP contribution in [0.15, 0.2) is 30.3 Å². The molecule has 0 saturated carbocycles. The van der Waals surface area contributed by atoms with E-state index in [4.69, 9.17) is 23.2 Å². The van der Waals surface area contributed by atoms with Crippen molar-refractivity contribution in [1.82, 2.24) is 25.3 Å². The van der Waals surface area contributed by atoms with Crippen LogP contribution in [0.25, 0.3) is 5.65 Å². The summed E-state index contributed by atoms with van der Waals surface area (Å²) in [6, 6.07) is 8.90. The van der Waals surface area contributed by atoms with Gasteiger partial charge in [-0.25, -0.2) is 0 Å². The van der Waals surface area contributed by atoms with Crippen molar-refractivity contribution < 1.29 is 4.79 Å². The molecule has 1 fully saturated rings. The number of piperidine rings is 1. The van der Waals surface area contributed by atoms with Crippen molar-refractivity contribution in [2.24, 2.45) is 5.92 Å². The van der Waals surface area contributed by atoms with Gasteiger partial charge in [-0.15, -0.1) is 14.8 Å². The molecule has 1 aromatic carbocycles. The smallest absolute Gasteiger partial charge is 0.227 e. The number of rotatable bonds is 3. The zero-order valence-electron chi connectivity index (χ0n) is 13.6. The summed E-state index contributed by atoms with van der Waals surface area (Å²) in [7, 11) is 0. The van der Waals surface area contributed by atoms with Gasteiger partial charge in [-0.1, -0.05) is 29.3 Å². The Kier molecular flexibility index (Phi) is 4.60. The van der Waals surface area contributed by atoms with Gasteiger partial charge in [0.1, 0.15) is 0 Å².